The molecule has 2 heterocycles. The minimum Gasteiger partial charge on any atom is -0.320 e. The van der Waals surface area contributed by atoms with E-state index in [1.54, 1.807) is 0 Å². The van der Waals surface area contributed by atoms with Gasteiger partial charge in [0.1, 0.15) is 5.71 Å². The van der Waals surface area contributed by atoms with Gasteiger partial charge in [-0.15, -0.1) is 10.2 Å². The lowest BCUT2D eigenvalue weighted by Gasteiger charge is -1.96. The first-order valence-electron chi connectivity index (χ1n) is 4.63. The molecule has 0 spiro atoms. The predicted molar refractivity (Wildman–Crippen MR) is 55.1 cm³/mol. The van der Waals surface area contributed by atoms with E-state index in [2.05, 4.69) is 31.0 Å². The summed E-state index contributed by atoms with van der Waals surface area (Å²) in [6.45, 7) is 0. The molecule has 0 aliphatic carbocycles. The Hall–Kier alpha value is -2.44. The molecular formula is C9H6N6O. The molecule has 0 saturated heterocycles. The van der Waals surface area contributed by atoms with Crippen molar-refractivity contribution in [3.8, 4) is 0 Å². The number of nitrogens with zero attached hydrogens (tertiary/aromatic N) is 5. The number of carbonyl (C=O) groups is 1. The van der Waals surface area contributed by atoms with Crippen molar-refractivity contribution in [2.24, 2.45) is 25.7 Å². The molecule has 2 aliphatic rings. The van der Waals surface area contributed by atoms with Gasteiger partial charge in [0, 0.05) is 5.56 Å². The van der Waals surface area contributed by atoms with E-state index >= 15 is 0 Å². The van der Waals surface area contributed by atoms with Gasteiger partial charge in [-0.05, 0) is 16.5 Å². The minimum atomic E-state index is -0.730. The summed E-state index contributed by atoms with van der Waals surface area (Å²) in [5.74, 6) is -0.251. The Morgan fingerprint density at radius 1 is 1.19 bits per heavy atom. The highest BCUT2D eigenvalue weighted by atomic mass is 16.2. The maximum absolute atomic E-state index is 11.6. The first-order chi connectivity index (χ1) is 7.84. The van der Waals surface area contributed by atoms with E-state index in [4.69, 9.17) is 0 Å². The summed E-state index contributed by atoms with van der Waals surface area (Å²) in [6, 6.07) is 7.31. The summed E-state index contributed by atoms with van der Waals surface area (Å²) in [5.41, 5.74) is 1.82. The van der Waals surface area contributed by atoms with Gasteiger partial charge >= 0.3 is 0 Å². The second-order valence-corrected chi connectivity index (χ2v) is 3.23. The van der Waals surface area contributed by atoms with Crippen LogP contribution in [0.5, 0.6) is 0 Å². The Labute approximate surface area is 90.0 Å². The van der Waals surface area contributed by atoms with E-state index < -0.39 is 6.29 Å². The molecular weight excluding hydrogens is 208 g/mol. The number of anilines is 1. The van der Waals surface area contributed by atoms with Gasteiger partial charge in [-0.1, -0.05) is 18.2 Å². The summed E-state index contributed by atoms with van der Waals surface area (Å²) >= 11 is 0. The highest BCUT2D eigenvalue weighted by Gasteiger charge is 2.26. The first-order valence-corrected chi connectivity index (χ1v) is 4.63. The van der Waals surface area contributed by atoms with Crippen molar-refractivity contribution in [2.45, 2.75) is 6.29 Å². The molecule has 7 nitrogen and oxygen atoms in total. The van der Waals surface area contributed by atoms with Crippen LogP contribution in [-0.4, -0.2) is 17.9 Å². The number of rotatable bonds is 1. The third-order valence-corrected chi connectivity index (χ3v) is 2.24. The van der Waals surface area contributed by atoms with Crippen LogP contribution in [-0.2, 0) is 4.79 Å². The summed E-state index contributed by atoms with van der Waals surface area (Å²) < 4.78 is 0. The molecule has 1 amide bonds. The highest BCUT2D eigenvalue weighted by Crippen LogP contribution is 2.23. The Morgan fingerprint density at radius 3 is 2.75 bits per heavy atom. The quantitative estimate of drug-likeness (QED) is 0.754. The van der Waals surface area contributed by atoms with Crippen LogP contribution in [0.2, 0.25) is 0 Å². The monoisotopic (exact) mass is 214 g/mol. The van der Waals surface area contributed by atoms with E-state index in [0.29, 0.717) is 5.71 Å². The third kappa shape index (κ3) is 1.29. The molecule has 0 atom stereocenters. The molecule has 0 saturated carbocycles. The number of benzene rings is 1. The SMILES string of the molecule is O=C1Nc2ccccc2C1=NC1N=NN=N1. The van der Waals surface area contributed by atoms with Gasteiger partial charge in [0.2, 0.25) is 0 Å². The minimum absolute atomic E-state index is 0.251. The second-order valence-electron chi connectivity index (χ2n) is 3.23. The van der Waals surface area contributed by atoms with Crippen molar-refractivity contribution in [1.29, 1.82) is 0 Å². The van der Waals surface area contributed by atoms with Crippen molar-refractivity contribution in [2.75, 3.05) is 5.32 Å². The molecule has 1 N–H and O–H groups in total. The zero-order valence-electron chi connectivity index (χ0n) is 8.03. The van der Waals surface area contributed by atoms with Crippen molar-refractivity contribution in [3.63, 3.8) is 0 Å². The largest absolute Gasteiger partial charge is 0.320 e. The van der Waals surface area contributed by atoms with Crippen molar-refractivity contribution in [1.82, 2.24) is 0 Å². The van der Waals surface area contributed by atoms with Crippen LogP contribution < -0.4 is 5.32 Å². The molecule has 0 bridgehead atoms. The number of fused-ring (bicyclic) bond motifs is 1. The van der Waals surface area contributed by atoms with Crippen molar-refractivity contribution < 1.29 is 4.79 Å². The number of hydrogen-bond donors (Lipinski definition) is 1. The standard InChI is InChI=1S/C9H6N6O/c16-8-7(11-9-12-14-15-13-9)5-3-1-2-4-6(5)10-8/h1-4,9H,(H,10,11,16). The second kappa shape index (κ2) is 3.30. The van der Waals surface area contributed by atoms with Crippen LogP contribution in [0.15, 0.2) is 49.9 Å². The number of para-hydroxylation sites is 1. The Kier molecular flexibility index (Phi) is 1.82. The molecule has 2 aliphatic heterocycles. The Balaban J connectivity index is 2.05. The fourth-order valence-corrected chi connectivity index (χ4v) is 1.56. The van der Waals surface area contributed by atoms with Gasteiger partial charge in [-0.25, -0.2) is 4.99 Å². The fraction of sp³-hybridized carbons (Fsp3) is 0.111. The summed E-state index contributed by atoms with van der Waals surface area (Å²) in [6.07, 6.45) is -0.730. The van der Waals surface area contributed by atoms with Gasteiger partial charge in [0.25, 0.3) is 12.2 Å². The zero-order chi connectivity index (χ0) is 11.0. The highest BCUT2D eigenvalue weighted by molar-refractivity contribution is 6.53. The lowest BCUT2D eigenvalue weighted by atomic mass is 10.1. The van der Waals surface area contributed by atoms with E-state index in [-0.39, 0.29) is 5.91 Å². The van der Waals surface area contributed by atoms with Crippen LogP contribution in [0.3, 0.4) is 0 Å². The van der Waals surface area contributed by atoms with Crippen LogP contribution in [0, 0.1) is 0 Å². The number of hydrogen-bond acceptors (Lipinski definition) is 6. The predicted octanol–water partition coefficient (Wildman–Crippen LogP) is 1.54. The molecule has 0 aromatic heterocycles. The van der Waals surface area contributed by atoms with Crippen molar-refractivity contribution >= 4 is 17.3 Å². The average Bonchev–Trinajstić information content (AvgIpc) is 2.89. The van der Waals surface area contributed by atoms with Gasteiger partial charge in [-0.3, -0.25) is 4.79 Å². The summed E-state index contributed by atoms with van der Waals surface area (Å²) in [7, 11) is 0. The van der Waals surface area contributed by atoms with Gasteiger partial charge in [0.15, 0.2) is 0 Å². The first kappa shape index (κ1) is 8.84. The zero-order valence-corrected chi connectivity index (χ0v) is 8.03. The number of nitrogens with one attached hydrogen (secondary N) is 1. The molecule has 16 heavy (non-hydrogen) atoms. The Morgan fingerprint density at radius 2 is 1.94 bits per heavy atom. The molecule has 0 unspecified atom stereocenters. The van der Waals surface area contributed by atoms with E-state index in [1.165, 1.54) is 0 Å². The van der Waals surface area contributed by atoms with Gasteiger partial charge < -0.3 is 5.32 Å². The van der Waals surface area contributed by atoms with E-state index in [0.717, 1.165) is 11.3 Å². The molecule has 3 rings (SSSR count). The smallest absolute Gasteiger partial charge is 0.276 e. The third-order valence-electron chi connectivity index (χ3n) is 2.24. The lowest BCUT2D eigenvalue weighted by Crippen LogP contribution is -2.16. The van der Waals surface area contributed by atoms with E-state index in [1.807, 2.05) is 24.3 Å². The molecule has 7 heteroatoms. The molecule has 1 aromatic rings. The van der Waals surface area contributed by atoms with Crippen LogP contribution in [0.25, 0.3) is 0 Å². The topological polar surface area (TPSA) is 90.9 Å². The molecule has 0 fully saturated rings. The molecule has 78 valence electrons. The molecule has 0 radical (unpaired) electrons. The normalized spacial score (nSPS) is 20.5. The molecule has 1 aromatic carbocycles. The number of aliphatic imine (C=N–C) groups is 1. The van der Waals surface area contributed by atoms with E-state index in [9.17, 15) is 4.79 Å². The maximum Gasteiger partial charge on any atom is 0.276 e. The average molecular weight is 214 g/mol. The number of carbonyl (C=O) groups excluding carboxylic acids is 1. The Bertz CT molecular complexity index is 535. The van der Waals surface area contributed by atoms with Crippen LogP contribution in [0.4, 0.5) is 5.69 Å². The van der Waals surface area contributed by atoms with Gasteiger partial charge in [0.05, 0.1) is 5.69 Å². The van der Waals surface area contributed by atoms with Crippen LogP contribution >= 0.6 is 0 Å². The van der Waals surface area contributed by atoms with Gasteiger partial charge in [-0.2, -0.15) is 0 Å². The summed E-state index contributed by atoms with van der Waals surface area (Å²) in [5, 5.41) is 16.6. The lowest BCUT2D eigenvalue weighted by molar-refractivity contribution is -0.110. The van der Waals surface area contributed by atoms with Crippen molar-refractivity contribution in [3.05, 3.63) is 29.8 Å². The van der Waals surface area contributed by atoms with Crippen LogP contribution in [0.1, 0.15) is 5.56 Å². The maximum atomic E-state index is 11.6. The fourth-order valence-electron chi connectivity index (χ4n) is 1.56. The summed E-state index contributed by atoms with van der Waals surface area (Å²) in [4.78, 5) is 15.7. The number of amides is 1.